The van der Waals surface area contributed by atoms with Crippen LogP contribution in [0.25, 0.3) is 0 Å². The summed E-state index contributed by atoms with van der Waals surface area (Å²) in [6.07, 6.45) is 0.315. The van der Waals surface area contributed by atoms with Gasteiger partial charge in [-0.2, -0.15) is 0 Å². The Morgan fingerprint density at radius 1 is 1.08 bits per heavy atom. The summed E-state index contributed by atoms with van der Waals surface area (Å²) in [5.74, 6) is -0.0102. The zero-order chi connectivity index (χ0) is 17.4. The van der Waals surface area contributed by atoms with E-state index in [0.29, 0.717) is 23.6 Å². The van der Waals surface area contributed by atoms with Crippen LogP contribution in [0, 0.1) is 0 Å². The van der Waals surface area contributed by atoms with Gasteiger partial charge in [0.25, 0.3) is 0 Å². The summed E-state index contributed by atoms with van der Waals surface area (Å²) >= 11 is 7.35. The number of hydrogen-bond donors (Lipinski definition) is 0. The second-order valence-corrected chi connectivity index (χ2v) is 6.78. The Morgan fingerprint density at radius 2 is 1.75 bits per heavy atom. The largest absolute Gasteiger partial charge is 0.465 e. The van der Waals surface area contributed by atoms with Gasteiger partial charge in [-0.1, -0.05) is 54.1 Å². The van der Waals surface area contributed by atoms with E-state index in [1.54, 1.807) is 31.2 Å². The lowest BCUT2D eigenvalue weighted by Gasteiger charge is -2.16. The molecular weight excluding hydrogens is 344 g/mol. The number of hydrogen-bond acceptors (Lipinski definition) is 4. The van der Waals surface area contributed by atoms with Crippen molar-refractivity contribution in [3.63, 3.8) is 0 Å². The molecule has 5 heteroatoms. The number of carbonyl (C=O) groups is 2. The Morgan fingerprint density at radius 3 is 2.38 bits per heavy atom. The van der Waals surface area contributed by atoms with Crippen LogP contribution in [-0.4, -0.2) is 24.1 Å². The van der Waals surface area contributed by atoms with Crippen LogP contribution in [0.4, 0.5) is 0 Å². The maximum absolute atomic E-state index is 12.5. The summed E-state index contributed by atoms with van der Waals surface area (Å²) in [6.45, 7) is 2.13. The molecule has 0 aliphatic heterocycles. The van der Waals surface area contributed by atoms with Crippen molar-refractivity contribution in [1.82, 2.24) is 0 Å². The first-order valence-corrected chi connectivity index (χ1v) is 9.13. The Balaban J connectivity index is 2.11. The molecule has 0 radical (unpaired) electrons. The van der Waals surface area contributed by atoms with E-state index in [9.17, 15) is 9.59 Å². The highest BCUT2D eigenvalue weighted by Crippen LogP contribution is 2.34. The highest BCUT2D eigenvalue weighted by molar-refractivity contribution is 8.00. The standard InChI is InChI=1S/C19H19ClO3S/c1-2-23-19(22)13-24-18(15-8-10-16(20)11-9-15)12-17(21)14-6-4-3-5-7-14/h3-11,18H,2,12-13H2,1H3. The predicted molar refractivity (Wildman–Crippen MR) is 98.7 cm³/mol. The summed E-state index contributed by atoms with van der Waals surface area (Å²) in [6, 6.07) is 16.5. The second kappa shape index (κ2) is 9.50. The number of benzene rings is 2. The van der Waals surface area contributed by atoms with Crippen LogP contribution in [0.1, 0.15) is 34.5 Å². The van der Waals surface area contributed by atoms with Gasteiger partial charge in [0.05, 0.1) is 12.4 Å². The van der Waals surface area contributed by atoms with Gasteiger partial charge in [-0.05, 0) is 24.6 Å². The van der Waals surface area contributed by atoms with Crippen molar-refractivity contribution in [1.29, 1.82) is 0 Å². The van der Waals surface area contributed by atoms with Crippen molar-refractivity contribution in [3.05, 3.63) is 70.7 Å². The smallest absolute Gasteiger partial charge is 0.315 e. The molecule has 2 aromatic rings. The lowest BCUT2D eigenvalue weighted by molar-refractivity contribution is -0.139. The summed E-state index contributed by atoms with van der Waals surface area (Å²) in [5.41, 5.74) is 1.64. The molecule has 0 aromatic heterocycles. The molecule has 0 heterocycles. The van der Waals surface area contributed by atoms with Crippen molar-refractivity contribution in [2.24, 2.45) is 0 Å². The number of Topliss-reactive ketones (excluding diaryl/α,β-unsaturated/α-hetero) is 1. The number of ether oxygens (including phenoxy) is 1. The van der Waals surface area contributed by atoms with Crippen molar-refractivity contribution in [2.75, 3.05) is 12.4 Å². The molecule has 0 amide bonds. The van der Waals surface area contributed by atoms with Gasteiger partial charge in [0, 0.05) is 22.3 Å². The molecule has 0 saturated heterocycles. The zero-order valence-electron chi connectivity index (χ0n) is 13.4. The summed E-state index contributed by atoms with van der Waals surface area (Å²) in [5, 5.41) is 0.515. The van der Waals surface area contributed by atoms with Gasteiger partial charge in [-0.15, -0.1) is 11.8 Å². The van der Waals surface area contributed by atoms with Crippen LogP contribution in [0.2, 0.25) is 5.02 Å². The average Bonchev–Trinajstić information content (AvgIpc) is 2.60. The third-order valence-electron chi connectivity index (χ3n) is 3.42. The predicted octanol–water partition coefficient (Wildman–Crippen LogP) is 4.95. The third kappa shape index (κ3) is 5.69. The van der Waals surface area contributed by atoms with E-state index in [1.165, 1.54) is 11.8 Å². The molecule has 2 aromatic carbocycles. The third-order valence-corrected chi connectivity index (χ3v) is 4.91. The molecule has 0 bridgehead atoms. The van der Waals surface area contributed by atoms with Gasteiger partial charge in [0.2, 0.25) is 0 Å². The molecular formula is C19H19ClO3S. The molecule has 1 unspecified atom stereocenters. The lowest BCUT2D eigenvalue weighted by atomic mass is 10.0. The van der Waals surface area contributed by atoms with E-state index < -0.39 is 0 Å². The first kappa shape index (κ1) is 18.6. The molecule has 126 valence electrons. The zero-order valence-corrected chi connectivity index (χ0v) is 15.0. The monoisotopic (exact) mass is 362 g/mol. The Labute approximate surface area is 151 Å². The van der Waals surface area contributed by atoms with E-state index >= 15 is 0 Å². The van der Waals surface area contributed by atoms with Crippen molar-refractivity contribution in [2.45, 2.75) is 18.6 Å². The molecule has 0 N–H and O–H groups in total. The van der Waals surface area contributed by atoms with E-state index in [1.807, 2.05) is 30.3 Å². The van der Waals surface area contributed by atoms with Crippen molar-refractivity contribution in [3.8, 4) is 0 Å². The SMILES string of the molecule is CCOC(=O)CSC(CC(=O)c1ccccc1)c1ccc(Cl)cc1. The van der Waals surface area contributed by atoms with Gasteiger partial charge < -0.3 is 4.74 Å². The highest BCUT2D eigenvalue weighted by Gasteiger charge is 2.19. The van der Waals surface area contributed by atoms with Crippen LogP contribution in [0.3, 0.4) is 0 Å². The molecule has 0 fully saturated rings. The van der Waals surface area contributed by atoms with E-state index in [-0.39, 0.29) is 22.8 Å². The first-order chi connectivity index (χ1) is 11.6. The van der Waals surface area contributed by atoms with E-state index in [0.717, 1.165) is 5.56 Å². The highest BCUT2D eigenvalue weighted by atomic mass is 35.5. The lowest BCUT2D eigenvalue weighted by Crippen LogP contribution is -2.11. The van der Waals surface area contributed by atoms with Gasteiger partial charge in [-0.3, -0.25) is 9.59 Å². The van der Waals surface area contributed by atoms with Crippen LogP contribution < -0.4 is 0 Å². The molecule has 0 spiro atoms. The first-order valence-electron chi connectivity index (χ1n) is 7.71. The molecule has 3 nitrogen and oxygen atoms in total. The van der Waals surface area contributed by atoms with E-state index in [4.69, 9.17) is 16.3 Å². The quantitative estimate of drug-likeness (QED) is 0.492. The Hall–Kier alpha value is -1.78. The number of carbonyl (C=O) groups excluding carboxylic acids is 2. The van der Waals surface area contributed by atoms with Crippen molar-refractivity contribution >= 4 is 35.1 Å². The van der Waals surface area contributed by atoms with Crippen LogP contribution in [-0.2, 0) is 9.53 Å². The normalized spacial score (nSPS) is 11.8. The number of esters is 1. The summed E-state index contributed by atoms with van der Waals surface area (Å²) in [4.78, 5) is 24.1. The maximum atomic E-state index is 12.5. The minimum Gasteiger partial charge on any atom is -0.465 e. The fraction of sp³-hybridized carbons (Fsp3) is 0.263. The molecule has 0 saturated carbocycles. The average molecular weight is 363 g/mol. The van der Waals surface area contributed by atoms with Crippen LogP contribution in [0.15, 0.2) is 54.6 Å². The van der Waals surface area contributed by atoms with Crippen LogP contribution in [0.5, 0.6) is 0 Å². The molecule has 1 atom stereocenters. The summed E-state index contributed by atoms with van der Waals surface area (Å²) < 4.78 is 4.97. The maximum Gasteiger partial charge on any atom is 0.315 e. The van der Waals surface area contributed by atoms with Gasteiger partial charge >= 0.3 is 5.97 Å². The van der Waals surface area contributed by atoms with Gasteiger partial charge in [0.15, 0.2) is 5.78 Å². The molecule has 2 rings (SSSR count). The number of rotatable bonds is 8. The fourth-order valence-electron chi connectivity index (χ4n) is 2.23. The Kier molecular flexibility index (Phi) is 7.35. The van der Waals surface area contributed by atoms with Crippen molar-refractivity contribution < 1.29 is 14.3 Å². The topological polar surface area (TPSA) is 43.4 Å². The second-order valence-electron chi connectivity index (χ2n) is 5.15. The number of ketones is 1. The number of halogens is 1. The number of thioether (sulfide) groups is 1. The summed E-state index contributed by atoms with van der Waals surface area (Å²) in [7, 11) is 0. The Bertz CT molecular complexity index is 671. The van der Waals surface area contributed by atoms with Gasteiger partial charge in [0.1, 0.15) is 0 Å². The minimum absolute atomic E-state index is 0.0481. The minimum atomic E-state index is -0.270. The molecule has 24 heavy (non-hydrogen) atoms. The van der Waals surface area contributed by atoms with E-state index in [2.05, 4.69) is 0 Å². The van der Waals surface area contributed by atoms with Crippen LogP contribution >= 0.6 is 23.4 Å². The molecule has 0 aliphatic rings. The van der Waals surface area contributed by atoms with Gasteiger partial charge in [-0.25, -0.2) is 0 Å². The fourth-order valence-corrected chi connectivity index (χ4v) is 3.40. The molecule has 0 aliphatic carbocycles.